The topological polar surface area (TPSA) is 57.7 Å². The van der Waals surface area contributed by atoms with Crippen LogP contribution in [0.3, 0.4) is 0 Å². The van der Waals surface area contributed by atoms with E-state index in [-0.39, 0.29) is 17.5 Å². The summed E-state index contributed by atoms with van der Waals surface area (Å²) in [7, 11) is 3.04. The van der Waals surface area contributed by atoms with E-state index < -0.39 is 11.9 Å². The Balaban J connectivity index is 1.68. The minimum atomic E-state index is -4.54. The van der Waals surface area contributed by atoms with Crippen molar-refractivity contribution < 1.29 is 22.7 Å². The molecule has 3 aromatic rings. The van der Waals surface area contributed by atoms with Crippen molar-refractivity contribution in [1.82, 2.24) is 15.2 Å². The molecule has 1 N–H and O–H groups in total. The van der Waals surface area contributed by atoms with Crippen molar-refractivity contribution in [3.8, 4) is 5.75 Å². The first-order valence-corrected chi connectivity index (χ1v) is 11.1. The quantitative estimate of drug-likeness (QED) is 0.593. The molecule has 1 fully saturated rings. The molecule has 1 aliphatic heterocycles. The first-order chi connectivity index (χ1) is 16.3. The molecule has 34 heavy (non-hydrogen) atoms. The van der Waals surface area contributed by atoms with Gasteiger partial charge in [0.05, 0.1) is 13.7 Å². The van der Waals surface area contributed by atoms with Crippen LogP contribution in [0.25, 0.3) is 10.9 Å². The number of alkyl halides is 3. The molecule has 1 amide bonds. The summed E-state index contributed by atoms with van der Waals surface area (Å²) < 4.78 is 45.2. The molecule has 2 heterocycles. The van der Waals surface area contributed by atoms with Crippen LogP contribution in [0.4, 0.5) is 18.9 Å². The average Bonchev–Trinajstić information content (AvgIpc) is 2.84. The number of likely N-dealkylation sites (N-methyl/N-ethyl adjacent to an activating group) is 1. The fourth-order valence-corrected chi connectivity index (χ4v) is 4.44. The summed E-state index contributed by atoms with van der Waals surface area (Å²) in [6.07, 6.45) is -3.79. The number of methoxy groups -OCH3 is 1. The molecular weight excluding hydrogens is 445 g/mol. The number of rotatable bonds is 6. The zero-order chi connectivity index (χ0) is 24.3. The predicted molar refractivity (Wildman–Crippen MR) is 125 cm³/mol. The van der Waals surface area contributed by atoms with Crippen molar-refractivity contribution in [2.45, 2.75) is 18.6 Å². The van der Waals surface area contributed by atoms with E-state index in [1.807, 2.05) is 24.3 Å². The van der Waals surface area contributed by atoms with E-state index in [1.54, 1.807) is 13.1 Å². The highest BCUT2D eigenvalue weighted by atomic mass is 19.4. The Kier molecular flexibility index (Phi) is 6.92. The van der Waals surface area contributed by atoms with Gasteiger partial charge in [-0.25, -0.2) is 4.98 Å². The number of piperazine rings is 1. The third-order valence-corrected chi connectivity index (χ3v) is 6.19. The van der Waals surface area contributed by atoms with Gasteiger partial charge < -0.3 is 15.0 Å². The van der Waals surface area contributed by atoms with Gasteiger partial charge in [0.2, 0.25) is 5.91 Å². The van der Waals surface area contributed by atoms with Crippen molar-refractivity contribution in [2.24, 2.45) is 0 Å². The molecule has 0 bridgehead atoms. The van der Waals surface area contributed by atoms with Crippen molar-refractivity contribution >= 4 is 22.5 Å². The number of aromatic nitrogens is 1. The lowest BCUT2D eigenvalue weighted by atomic mass is 10.0. The van der Waals surface area contributed by atoms with Crippen LogP contribution in [0.2, 0.25) is 0 Å². The molecule has 4 rings (SSSR count). The van der Waals surface area contributed by atoms with Crippen LogP contribution in [0.5, 0.6) is 5.75 Å². The Morgan fingerprint density at radius 3 is 2.56 bits per heavy atom. The number of carbonyl (C=O) groups excluding carboxylic acids is 1. The van der Waals surface area contributed by atoms with E-state index in [1.165, 1.54) is 13.2 Å². The van der Waals surface area contributed by atoms with Gasteiger partial charge in [0.15, 0.2) is 0 Å². The summed E-state index contributed by atoms with van der Waals surface area (Å²) in [4.78, 5) is 20.3. The van der Waals surface area contributed by atoms with Crippen LogP contribution < -0.4 is 15.0 Å². The average molecular weight is 473 g/mol. The maximum Gasteiger partial charge on any atom is 0.433 e. The smallest absolute Gasteiger partial charge is 0.433 e. The normalized spacial score (nSPS) is 17.1. The van der Waals surface area contributed by atoms with E-state index in [0.717, 1.165) is 23.7 Å². The van der Waals surface area contributed by atoms with E-state index >= 15 is 0 Å². The monoisotopic (exact) mass is 472 g/mol. The fourth-order valence-electron chi connectivity index (χ4n) is 4.44. The number of pyridine rings is 1. The van der Waals surface area contributed by atoms with Gasteiger partial charge >= 0.3 is 6.18 Å². The van der Waals surface area contributed by atoms with Crippen LogP contribution in [0, 0.1) is 0 Å². The molecule has 0 saturated carbocycles. The number of halogens is 3. The molecule has 0 radical (unpaired) electrons. The molecule has 1 atom stereocenters. The largest absolute Gasteiger partial charge is 0.494 e. The molecular formula is C25H27F3N4O2. The summed E-state index contributed by atoms with van der Waals surface area (Å²) in [6, 6.07) is 16.1. The number of anilines is 1. The van der Waals surface area contributed by atoms with Crippen LogP contribution in [0.1, 0.15) is 11.3 Å². The molecule has 1 aromatic heterocycles. The third kappa shape index (κ3) is 5.09. The zero-order valence-corrected chi connectivity index (χ0v) is 19.1. The first kappa shape index (κ1) is 23.8. The van der Waals surface area contributed by atoms with Gasteiger partial charge in [0.1, 0.15) is 17.0 Å². The van der Waals surface area contributed by atoms with Gasteiger partial charge in [-0.1, -0.05) is 30.3 Å². The number of nitrogens with zero attached hydrogens (tertiary/aromatic N) is 3. The maximum atomic E-state index is 13.3. The van der Waals surface area contributed by atoms with Gasteiger partial charge in [-0.05, 0) is 36.2 Å². The van der Waals surface area contributed by atoms with Gasteiger partial charge in [-0.15, -0.1) is 0 Å². The molecule has 1 saturated heterocycles. The Morgan fingerprint density at radius 1 is 1.12 bits per heavy atom. The minimum Gasteiger partial charge on any atom is -0.494 e. The molecule has 6 nitrogen and oxygen atoms in total. The van der Waals surface area contributed by atoms with Gasteiger partial charge in [0.25, 0.3) is 0 Å². The summed E-state index contributed by atoms with van der Waals surface area (Å²) in [5, 5.41) is 3.29. The van der Waals surface area contributed by atoms with E-state index in [4.69, 9.17) is 4.74 Å². The highest BCUT2D eigenvalue weighted by Gasteiger charge is 2.34. The standard InChI is InChI=1S/C25H27F3N4O2/c1-29-23(33)16-31-12-13-32(15-18(31)14-17-6-4-3-5-7-17)20-9-10-21(34-2)24-19(20)8-11-22(30-24)25(26,27)28/h3-11,18H,12-16H2,1-2H3,(H,29,33)/t18-/m0/s1. The summed E-state index contributed by atoms with van der Waals surface area (Å²) in [5.41, 5.74) is 1.19. The van der Waals surface area contributed by atoms with Crippen LogP contribution in [0.15, 0.2) is 54.6 Å². The number of benzene rings is 2. The van der Waals surface area contributed by atoms with Crippen molar-refractivity contribution in [2.75, 3.05) is 45.2 Å². The van der Waals surface area contributed by atoms with Crippen LogP contribution in [-0.4, -0.2) is 62.2 Å². The van der Waals surface area contributed by atoms with Crippen LogP contribution in [-0.2, 0) is 17.4 Å². The first-order valence-electron chi connectivity index (χ1n) is 11.1. The number of ether oxygens (including phenoxy) is 1. The predicted octanol–water partition coefficient (Wildman–Crippen LogP) is 3.74. The second-order valence-corrected chi connectivity index (χ2v) is 8.31. The molecule has 0 spiro atoms. The second kappa shape index (κ2) is 9.89. The summed E-state index contributed by atoms with van der Waals surface area (Å²) in [5.74, 6) is 0.245. The lowest BCUT2D eigenvalue weighted by Gasteiger charge is -2.42. The van der Waals surface area contributed by atoms with Crippen LogP contribution >= 0.6 is 0 Å². The lowest BCUT2D eigenvalue weighted by molar-refractivity contribution is -0.141. The Hall–Kier alpha value is -3.33. The van der Waals surface area contributed by atoms with Crippen molar-refractivity contribution in [1.29, 1.82) is 0 Å². The van der Waals surface area contributed by atoms with Crippen molar-refractivity contribution in [3.05, 3.63) is 65.9 Å². The zero-order valence-electron chi connectivity index (χ0n) is 19.1. The fraction of sp³-hybridized carbons (Fsp3) is 0.360. The molecule has 0 aliphatic carbocycles. The van der Waals surface area contributed by atoms with Gasteiger partial charge in [-0.2, -0.15) is 13.2 Å². The number of amides is 1. The number of hydrogen-bond acceptors (Lipinski definition) is 5. The van der Waals surface area contributed by atoms with Crippen molar-refractivity contribution in [3.63, 3.8) is 0 Å². The summed E-state index contributed by atoms with van der Waals surface area (Å²) in [6.45, 7) is 2.19. The number of hydrogen-bond donors (Lipinski definition) is 1. The Bertz CT molecular complexity index is 1150. The van der Waals surface area contributed by atoms with E-state index in [0.29, 0.717) is 37.3 Å². The van der Waals surface area contributed by atoms with E-state index in [2.05, 4.69) is 32.2 Å². The Morgan fingerprint density at radius 2 is 1.88 bits per heavy atom. The van der Waals surface area contributed by atoms with E-state index in [9.17, 15) is 18.0 Å². The molecule has 2 aromatic carbocycles. The number of carbonyl (C=O) groups is 1. The van der Waals surface area contributed by atoms with Gasteiger partial charge in [-0.3, -0.25) is 9.69 Å². The maximum absolute atomic E-state index is 13.3. The third-order valence-electron chi connectivity index (χ3n) is 6.19. The lowest BCUT2D eigenvalue weighted by Crippen LogP contribution is -2.56. The molecule has 0 unspecified atom stereocenters. The second-order valence-electron chi connectivity index (χ2n) is 8.31. The highest BCUT2D eigenvalue weighted by Crippen LogP contribution is 2.37. The number of fused-ring (bicyclic) bond motifs is 1. The molecule has 1 aliphatic rings. The Labute approximate surface area is 196 Å². The molecule has 180 valence electrons. The minimum absolute atomic E-state index is 0.0491. The number of nitrogens with one attached hydrogen (secondary N) is 1. The SMILES string of the molecule is CNC(=O)CN1CCN(c2ccc(OC)c3nc(C(F)(F)F)ccc23)C[C@@H]1Cc1ccccc1. The summed E-state index contributed by atoms with van der Waals surface area (Å²) >= 11 is 0. The van der Waals surface area contributed by atoms with Gasteiger partial charge in [0, 0.05) is 43.8 Å². The molecule has 9 heteroatoms. The highest BCUT2D eigenvalue weighted by molar-refractivity contribution is 5.96.